The van der Waals surface area contributed by atoms with Gasteiger partial charge in [-0.05, 0) is 73.2 Å². The van der Waals surface area contributed by atoms with Crippen molar-refractivity contribution in [2.24, 2.45) is 0 Å². The second kappa shape index (κ2) is 8.50. The van der Waals surface area contributed by atoms with E-state index in [9.17, 15) is 4.79 Å². The highest BCUT2D eigenvalue weighted by molar-refractivity contribution is 6.10. The predicted octanol–water partition coefficient (Wildman–Crippen LogP) is 4.63. The van der Waals surface area contributed by atoms with Gasteiger partial charge in [-0.3, -0.25) is 4.79 Å². The second-order valence-corrected chi connectivity index (χ2v) is 8.58. The molecular formula is C27H26N4O3. The molecule has 0 unspecified atom stereocenters. The third-order valence-corrected chi connectivity index (χ3v) is 6.49. The van der Waals surface area contributed by atoms with E-state index >= 15 is 0 Å². The van der Waals surface area contributed by atoms with Crippen LogP contribution in [0, 0.1) is 0 Å². The molecule has 0 saturated carbocycles. The molecule has 2 aliphatic heterocycles. The van der Waals surface area contributed by atoms with Gasteiger partial charge in [0, 0.05) is 35.6 Å². The molecule has 172 valence electrons. The number of rotatable bonds is 5. The maximum atomic E-state index is 13.2. The molecule has 4 aromatic rings. The smallest absolute Gasteiger partial charge is 0.258 e. The second-order valence-electron chi connectivity index (χ2n) is 8.58. The lowest BCUT2D eigenvalue weighted by atomic mass is 10.1. The molecule has 2 aliphatic rings. The first-order chi connectivity index (χ1) is 16.7. The van der Waals surface area contributed by atoms with Crippen molar-refractivity contribution in [3.05, 3.63) is 71.8 Å². The first-order valence-electron chi connectivity index (χ1n) is 11.7. The monoisotopic (exact) mass is 454 g/mol. The highest BCUT2D eigenvalue weighted by Crippen LogP contribution is 2.33. The van der Waals surface area contributed by atoms with Crippen molar-refractivity contribution in [3.8, 4) is 17.1 Å². The van der Waals surface area contributed by atoms with Crippen molar-refractivity contribution in [2.45, 2.75) is 13.5 Å². The maximum absolute atomic E-state index is 13.2. The highest BCUT2D eigenvalue weighted by Gasteiger charge is 2.29. The fourth-order valence-electron chi connectivity index (χ4n) is 4.71. The molecule has 1 amide bonds. The molecule has 0 spiro atoms. The van der Waals surface area contributed by atoms with E-state index in [1.165, 1.54) is 0 Å². The average molecular weight is 455 g/mol. The Kier molecular flexibility index (Phi) is 5.19. The number of anilines is 2. The van der Waals surface area contributed by atoms with Gasteiger partial charge in [0.05, 0.1) is 37.4 Å². The number of imidazole rings is 1. The molecule has 6 rings (SSSR count). The quantitative estimate of drug-likeness (QED) is 0.476. The minimum Gasteiger partial charge on any atom is -0.494 e. The van der Waals surface area contributed by atoms with Crippen molar-refractivity contribution in [1.29, 1.82) is 0 Å². The van der Waals surface area contributed by atoms with Crippen LogP contribution in [0.1, 0.15) is 22.8 Å². The van der Waals surface area contributed by atoms with E-state index in [0.717, 1.165) is 77.0 Å². The summed E-state index contributed by atoms with van der Waals surface area (Å²) in [5.74, 6) is 1.67. The minimum atomic E-state index is 0.0325. The SMILES string of the molecule is CCOc1ccc(-c2nc3cc(N4Cc5cc(N6CCOCC6)ccc5C4=O)ccc3[nH]2)cc1. The Morgan fingerprint density at radius 1 is 1.00 bits per heavy atom. The molecule has 1 N–H and O–H groups in total. The summed E-state index contributed by atoms with van der Waals surface area (Å²) >= 11 is 0. The normalized spacial score (nSPS) is 15.7. The lowest BCUT2D eigenvalue weighted by molar-refractivity contribution is 0.0996. The number of morpholine rings is 1. The summed E-state index contributed by atoms with van der Waals surface area (Å²) in [4.78, 5) is 25.5. The van der Waals surface area contributed by atoms with E-state index in [0.29, 0.717) is 13.2 Å². The van der Waals surface area contributed by atoms with Gasteiger partial charge in [-0.1, -0.05) is 0 Å². The highest BCUT2D eigenvalue weighted by atomic mass is 16.5. The summed E-state index contributed by atoms with van der Waals surface area (Å²) in [6.07, 6.45) is 0. The number of carbonyl (C=O) groups is 1. The lowest BCUT2D eigenvalue weighted by Gasteiger charge is -2.29. The Hall–Kier alpha value is -3.84. The zero-order valence-electron chi connectivity index (χ0n) is 19.1. The predicted molar refractivity (Wildman–Crippen MR) is 133 cm³/mol. The number of nitrogens with zero attached hydrogens (tertiary/aromatic N) is 3. The first-order valence-corrected chi connectivity index (χ1v) is 11.7. The van der Waals surface area contributed by atoms with Crippen LogP contribution in [0.25, 0.3) is 22.4 Å². The molecular weight excluding hydrogens is 428 g/mol. The third kappa shape index (κ3) is 3.68. The van der Waals surface area contributed by atoms with Crippen molar-refractivity contribution in [3.63, 3.8) is 0 Å². The van der Waals surface area contributed by atoms with E-state index in [-0.39, 0.29) is 5.91 Å². The van der Waals surface area contributed by atoms with Gasteiger partial charge in [-0.2, -0.15) is 0 Å². The van der Waals surface area contributed by atoms with Gasteiger partial charge in [0.1, 0.15) is 11.6 Å². The van der Waals surface area contributed by atoms with Gasteiger partial charge >= 0.3 is 0 Å². The molecule has 7 nitrogen and oxygen atoms in total. The Bertz CT molecular complexity index is 1360. The number of hydrogen-bond donors (Lipinski definition) is 1. The van der Waals surface area contributed by atoms with Crippen LogP contribution in [0.15, 0.2) is 60.7 Å². The molecule has 1 saturated heterocycles. The molecule has 0 aliphatic carbocycles. The number of hydrogen-bond acceptors (Lipinski definition) is 5. The van der Waals surface area contributed by atoms with Gasteiger partial charge in [0.15, 0.2) is 0 Å². The maximum Gasteiger partial charge on any atom is 0.258 e. The number of nitrogens with one attached hydrogen (secondary N) is 1. The number of fused-ring (bicyclic) bond motifs is 2. The summed E-state index contributed by atoms with van der Waals surface area (Å²) in [5, 5.41) is 0. The first kappa shape index (κ1) is 20.7. The zero-order chi connectivity index (χ0) is 23.1. The van der Waals surface area contributed by atoms with Gasteiger partial charge in [-0.25, -0.2) is 4.98 Å². The van der Waals surface area contributed by atoms with Crippen molar-refractivity contribution in [2.75, 3.05) is 42.7 Å². The number of carbonyl (C=O) groups excluding carboxylic acids is 1. The minimum absolute atomic E-state index is 0.0325. The summed E-state index contributed by atoms with van der Waals surface area (Å²) < 4.78 is 11.0. The van der Waals surface area contributed by atoms with E-state index in [4.69, 9.17) is 14.5 Å². The third-order valence-electron chi connectivity index (χ3n) is 6.49. The van der Waals surface area contributed by atoms with Gasteiger partial charge < -0.3 is 24.3 Å². The molecule has 34 heavy (non-hydrogen) atoms. The summed E-state index contributed by atoms with van der Waals surface area (Å²) in [6, 6.07) is 20.0. The van der Waals surface area contributed by atoms with E-state index in [1.807, 2.05) is 66.4 Å². The fraction of sp³-hybridized carbons (Fsp3) is 0.259. The number of H-pyrrole nitrogens is 1. The van der Waals surface area contributed by atoms with Crippen molar-refractivity contribution in [1.82, 2.24) is 9.97 Å². The molecule has 3 heterocycles. The molecule has 1 aromatic heterocycles. The van der Waals surface area contributed by atoms with Crippen molar-refractivity contribution < 1.29 is 14.3 Å². The molecule has 0 radical (unpaired) electrons. The van der Waals surface area contributed by atoms with Gasteiger partial charge in [0.25, 0.3) is 5.91 Å². The largest absolute Gasteiger partial charge is 0.494 e. The Balaban J connectivity index is 1.26. The Labute approximate surface area is 197 Å². The van der Waals surface area contributed by atoms with Crippen molar-refractivity contribution >= 4 is 28.3 Å². The number of aromatic amines is 1. The van der Waals surface area contributed by atoms with Crippen LogP contribution in [0.2, 0.25) is 0 Å². The number of amides is 1. The van der Waals surface area contributed by atoms with Crippen LogP contribution >= 0.6 is 0 Å². The number of benzene rings is 3. The Morgan fingerprint density at radius 3 is 2.59 bits per heavy atom. The van der Waals surface area contributed by atoms with Crippen LogP contribution in [-0.2, 0) is 11.3 Å². The van der Waals surface area contributed by atoms with E-state index in [2.05, 4.69) is 16.0 Å². The topological polar surface area (TPSA) is 70.7 Å². The van der Waals surface area contributed by atoms with E-state index < -0.39 is 0 Å². The van der Waals surface area contributed by atoms with E-state index in [1.54, 1.807) is 0 Å². The van der Waals surface area contributed by atoms with Gasteiger partial charge in [-0.15, -0.1) is 0 Å². The number of ether oxygens (including phenoxy) is 2. The van der Waals surface area contributed by atoms with Crippen LogP contribution in [0.5, 0.6) is 5.75 Å². The van der Waals surface area contributed by atoms with Crippen LogP contribution in [-0.4, -0.2) is 48.8 Å². The fourth-order valence-corrected chi connectivity index (χ4v) is 4.71. The van der Waals surface area contributed by atoms with Crippen LogP contribution in [0.3, 0.4) is 0 Å². The molecule has 0 bridgehead atoms. The summed E-state index contributed by atoms with van der Waals surface area (Å²) in [7, 11) is 0. The van der Waals surface area contributed by atoms with Crippen LogP contribution < -0.4 is 14.5 Å². The average Bonchev–Trinajstić information content (AvgIpc) is 3.45. The summed E-state index contributed by atoms with van der Waals surface area (Å²) in [5.41, 5.74) is 6.60. The molecule has 0 atom stereocenters. The standard InChI is InChI=1S/C27H26N4O3/c1-2-34-22-7-3-18(4-8-22)26-28-24-10-6-21(16-25(24)29-26)31-17-19-15-20(5-9-23(19)27(31)32)30-11-13-33-14-12-30/h3-10,15-16H,2,11-14,17H2,1H3,(H,28,29). The zero-order valence-corrected chi connectivity index (χ0v) is 19.1. The Morgan fingerprint density at radius 2 is 1.79 bits per heavy atom. The lowest BCUT2D eigenvalue weighted by Crippen LogP contribution is -2.36. The van der Waals surface area contributed by atoms with Gasteiger partial charge in [0.2, 0.25) is 0 Å². The molecule has 1 fully saturated rings. The number of aromatic nitrogens is 2. The van der Waals surface area contributed by atoms with Crippen LogP contribution in [0.4, 0.5) is 11.4 Å². The molecule has 7 heteroatoms. The molecule has 3 aromatic carbocycles. The summed E-state index contributed by atoms with van der Waals surface area (Å²) in [6.45, 7) is 6.41.